The van der Waals surface area contributed by atoms with Crippen molar-refractivity contribution in [3.05, 3.63) is 47.8 Å². The van der Waals surface area contributed by atoms with Gasteiger partial charge in [0.25, 0.3) is 5.91 Å². The largest absolute Gasteiger partial charge is 0.496 e. The molecule has 2 atom stereocenters. The van der Waals surface area contributed by atoms with Crippen molar-refractivity contribution in [2.75, 3.05) is 25.6 Å². The van der Waals surface area contributed by atoms with E-state index in [0.29, 0.717) is 25.7 Å². The van der Waals surface area contributed by atoms with E-state index in [2.05, 4.69) is 10.6 Å². The van der Waals surface area contributed by atoms with E-state index in [0.717, 1.165) is 18.2 Å². The summed E-state index contributed by atoms with van der Waals surface area (Å²) in [5, 5.41) is 10.7. The number of hydrogen-bond donors (Lipinski definition) is 3. The summed E-state index contributed by atoms with van der Waals surface area (Å²) in [6.07, 6.45) is 1.15. The normalized spacial score (nSPS) is 23.9. The molecule has 15 heteroatoms. The molecule has 2 aromatic carbocycles. The number of aliphatic carboxylic acids is 1. The van der Waals surface area contributed by atoms with Crippen LogP contribution in [0.15, 0.2) is 41.3 Å². The minimum absolute atomic E-state index is 0.0322. The standard InChI is InChI=1S/C30H35F3N2O9S/c1-29(28(38)39)10-7-18(8-11-29)44-25-14-21(24(42-3)15-22(25)31)27(37)35-23-16-43-12-9-20(23)26(36)34-17-5-4-6-19(13-17)45(40,41)30(2,32)33/h4-6,13-15,18,20,23H,7-12,16H2,1-3H3,(H,34,36)(H,35,37)(H,38,39)/t18-,20-,23+,29+/m0/s1. The number of amides is 2. The smallest absolute Gasteiger partial charge is 0.347 e. The molecule has 1 aliphatic heterocycles. The highest BCUT2D eigenvalue weighted by molar-refractivity contribution is 7.92. The first kappa shape index (κ1) is 34.0. The Kier molecular flexibility index (Phi) is 10.0. The molecule has 0 aromatic heterocycles. The Labute approximate surface area is 258 Å². The second-order valence-electron chi connectivity index (χ2n) is 11.5. The Balaban J connectivity index is 1.48. The summed E-state index contributed by atoms with van der Waals surface area (Å²) in [7, 11) is -3.73. The topological polar surface area (TPSA) is 157 Å². The Morgan fingerprint density at radius 3 is 2.40 bits per heavy atom. The molecule has 1 heterocycles. The molecule has 0 bridgehead atoms. The molecule has 2 aliphatic rings. The first-order chi connectivity index (χ1) is 21.1. The molecule has 0 radical (unpaired) electrons. The van der Waals surface area contributed by atoms with Gasteiger partial charge >= 0.3 is 11.2 Å². The van der Waals surface area contributed by atoms with Gasteiger partial charge in [0.05, 0.1) is 47.7 Å². The Hall–Kier alpha value is -3.85. The van der Waals surface area contributed by atoms with Crippen molar-refractivity contribution in [2.45, 2.75) is 68.2 Å². The number of carboxylic acid groups (broad SMARTS) is 1. The van der Waals surface area contributed by atoms with Gasteiger partial charge in [0.1, 0.15) is 5.75 Å². The maximum atomic E-state index is 14.9. The third-order valence-electron chi connectivity index (χ3n) is 8.24. The second kappa shape index (κ2) is 13.3. The average molecular weight is 657 g/mol. The van der Waals surface area contributed by atoms with Crippen molar-refractivity contribution in [2.24, 2.45) is 11.3 Å². The number of rotatable bonds is 10. The van der Waals surface area contributed by atoms with Crippen molar-refractivity contribution in [3.63, 3.8) is 0 Å². The van der Waals surface area contributed by atoms with Crippen molar-refractivity contribution in [3.8, 4) is 11.5 Å². The molecule has 0 unspecified atom stereocenters. The van der Waals surface area contributed by atoms with Crippen LogP contribution in [0.5, 0.6) is 11.5 Å². The summed E-state index contributed by atoms with van der Waals surface area (Å²) in [5.74, 6) is -4.18. The van der Waals surface area contributed by atoms with Crippen molar-refractivity contribution in [1.82, 2.24) is 5.32 Å². The minimum Gasteiger partial charge on any atom is -0.496 e. The predicted molar refractivity (Wildman–Crippen MR) is 155 cm³/mol. The van der Waals surface area contributed by atoms with Crippen molar-refractivity contribution < 1.29 is 55.3 Å². The lowest BCUT2D eigenvalue weighted by atomic mass is 9.75. The quantitative estimate of drug-likeness (QED) is 0.337. The Morgan fingerprint density at radius 2 is 1.78 bits per heavy atom. The second-order valence-corrected chi connectivity index (χ2v) is 13.7. The lowest BCUT2D eigenvalue weighted by Gasteiger charge is -2.34. The molecule has 45 heavy (non-hydrogen) atoms. The van der Waals surface area contributed by atoms with E-state index in [1.165, 1.54) is 25.3 Å². The van der Waals surface area contributed by atoms with Crippen molar-refractivity contribution in [1.29, 1.82) is 0 Å². The number of benzene rings is 2. The van der Waals surface area contributed by atoms with Crippen LogP contribution in [0, 0.1) is 17.2 Å². The molecule has 3 N–H and O–H groups in total. The van der Waals surface area contributed by atoms with Gasteiger partial charge in [-0.2, -0.15) is 8.78 Å². The van der Waals surface area contributed by atoms with E-state index in [-0.39, 0.29) is 49.3 Å². The van der Waals surface area contributed by atoms with Crippen LogP contribution < -0.4 is 20.1 Å². The van der Waals surface area contributed by atoms with Crippen LogP contribution >= 0.6 is 0 Å². The third-order valence-corrected chi connectivity index (χ3v) is 10.1. The number of nitrogens with one attached hydrogen (secondary N) is 2. The first-order valence-corrected chi connectivity index (χ1v) is 15.7. The molecule has 11 nitrogen and oxygen atoms in total. The summed E-state index contributed by atoms with van der Waals surface area (Å²) in [5.41, 5.74) is -1.00. The monoisotopic (exact) mass is 656 g/mol. The van der Waals surface area contributed by atoms with Gasteiger partial charge in [-0.05, 0) is 63.3 Å². The molecule has 4 rings (SSSR count). The van der Waals surface area contributed by atoms with Crippen LogP contribution in [0.4, 0.5) is 18.9 Å². The SMILES string of the molecule is COc1cc(F)c(O[C@H]2CC[C@@](C)(C(=O)O)CC2)cc1C(=O)N[C@@H]1COCC[C@@H]1C(=O)Nc1cccc(S(=O)(=O)C(C)(F)F)c1. The van der Waals surface area contributed by atoms with E-state index < -0.39 is 67.1 Å². The van der Waals surface area contributed by atoms with E-state index >= 15 is 0 Å². The van der Waals surface area contributed by atoms with Crippen LogP contribution in [0.3, 0.4) is 0 Å². The Morgan fingerprint density at radius 1 is 1.09 bits per heavy atom. The molecule has 1 saturated carbocycles. The highest BCUT2D eigenvalue weighted by Gasteiger charge is 2.41. The maximum Gasteiger partial charge on any atom is 0.347 e. The Bertz CT molecular complexity index is 1550. The molecule has 2 fully saturated rings. The number of ether oxygens (including phenoxy) is 3. The molecule has 0 spiro atoms. The van der Waals surface area contributed by atoms with Crippen LogP contribution in [-0.4, -0.2) is 69.0 Å². The number of carbonyl (C=O) groups excluding carboxylic acids is 2. The fourth-order valence-electron chi connectivity index (χ4n) is 5.33. The van der Waals surface area contributed by atoms with E-state index in [1.807, 2.05) is 0 Å². The molecule has 2 amide bonds. The van der Waals surface area contributed by atoms with Gasteiger partial charge in [-0.15, -0.1) is 0 Å². The van der Waals surface area contributed by atoms with Gasteiger partial charge < -0.3 is 30.0 Å². The van der Waals surface area contributed by atoms with Gasteiger partial charge in [0.15, 0.2) is 11.6 Å². The number of hydrogen-bond acceptors (Lipinski definition) is 8. The van der Waals surface area contributed by atoms with Crippen LogP contribution in [0.25, 0.3) is 0 Å². The summed E-state index contributed by atoms with van der Waals surface area (Å²) in [6.45, 7) is 2.04. The fourth-order valence-corrected chi connectivity index (χ4v) is 6.29. The zero-order valence-corrected chi connectivity index (χ0v) is 25.7. The summed E-state index contributed by atoms with van der Waals surface area (Å²) in [4.78, 5) is 37.5. The number of halogens is 3. The summed E-state index contributed by atoms with van der Waals surface area (Å²) < 4.78 is 83.1. The molecule has 2 aromatic rings. The molecule has 246 valence electrons. The molecule has 1 saturated heterocycles. The van der Waals surface area contributed by atoms with E-state index in [4.69, 9.17) is 14.2 Å². The van der Waals surface area contributed by atoms with Crippen LogP contribution in [0.1, 0.15) is 56.3 Å². The number of carboxylic acids is 1. The number of methoxy groups -OCH3 is 1. The highest BCUT2D eigenvalue weighted by Crippen LogP contribution is 2.39. The highest BCUT2D eigenvalue weighted by atomic mass is 32.2. The van der Waals surface area contributed by atoms with Gasteiger partial charge in [0.2, 0.25) is 15.7 Å². The third kappa shape index (κ3) is 7.52. The molecule has 1 aliphatic carbocycles. The van der Waals surface area contributed by atoms with Gasteiger partial charge in [0, 0.05) is 25.3 Å². The molecular weight excluding hydrogens is 621 g/mol. The lowest BCUT2D eigenvalue weighted by molar-refractivity contribution is -0.150. The van der Waals surface area contributed by atoms with Gasteiger partial charge in [-0.1, -0.05) is 6.07 Å². The van der Waals surface area contributed by atoms with Gasteiger partial charge in [-0.25, -0.2) is 12.8 Å². The van der Waals surface area contributed by atoms with Crippen LogP contribution in [0.2, 0.25) is 0 Å². The minimum atomic E-state index is -4.98. The van der Waals surface area contributed by atoms with E-state index in [1.54, 1.807) is 6.92 Å². The fraction of sp³-hybridized carbons (Fsp3) is 0.500. The average Bonchev–Trinajstić information content (AvgIpc) is 2.98. The first-order valence-electron chi connectivity index (χ1n) is 14.3. The lowest BCUT2D eigenvalue weighted by Crippen LogP contribution is -2.50. The predicted octanol–water partition coefficient (Wildman–Crippen LogP) is 4.41. The summed E-state index contributed by atoms with van der Waals surface area (Å²) in [6, 6.07) is 5.79. The number of alkyl halides is 2. The van der Waals surface area contributed by atoms with E-state index in [9.17, 15) is 41.1 Å². The number of carbonyl (C=O) groups is 3. The van der Waals surface area contributed by atoms with Crippen LogP contribution in [-0.2, 0) is 24.2 Å². The summed E-state index contributed by atoms with van der Waals surface area (Å²) >= 11 is 0. The number of sulfone groups is 1. The maximum absolute atomic E-state index is 14.9. The van der Waals surface area contributed by atoms with Crippen molar-refractivity contribution >= 4 is 33.3 Å². The number of anilines is 1. The van der Waals surface area contributed by atoms with Gasteiger partial charge in [-0.3, -0.25) is 14.4 Å². The molecular formula is C30H35F3N2O9S. The zero-order chi connectivity index (χ0) is 33.2. The zero-order valence-electron chi connectivity index (χ0n) is 24.9.